The molecule has 1 saturated heterocycles. The molecule has 0 bridgehead atoms. The summed E-state index contributed by atoms with van der Waals surface area (Å²) in [5.41, 5.74) is 0.115. The molecule has 0 N–H and O–H groups in total. The summed E-state index contributed by atoms with van der Waals surface area (Å²) in [4.78, 5) is 0. The first-order valence-corrected chi connectivity index (χ1v) is 4.12. The highest BCUT2D eigenvalue weighted by molar-refractivity contribution is 5.14. The van der Waals surface area contributed by atoms with Crippen molar-refractivity contribution < 1.29 is 9.47 Å². The van der Waals surface area contributed by atoms with Crippen LogP contribution < -0.4 is 0 Å². The molecule has 62 valence electrons. The van der Waals surface area contributed by atoms with Crippen molar-refractivity contribution in [3.63, 3.8) is 0 Å². The summed E-state index contributed by atoms with van der Waals surface area (Å²) < 4.78 is 11.2. The quantitative estimate of drug-likeness (QED) is 0.494. The van der Waals surface area contributed by atoms with Gasteiger partial charge in [-0.1, -0.05) is 19.9 Å². The van der Waals surface area contributed by atoms with Crippen molar-refractivity contribution in [3.8, 4) is 0 Å². The van der Waals surface area contributed by atoms with Gasteiger partial charge in [-0.3, -0.25) is 0 Å². The van der Waals surface area contributed by atoms with Crippen molar-refractivity contribution >= 4 is 0 Å². The minimum Gasteiger partial charge on any atom is -0.343 e. The monoisotopic (exact) mass is 154 g/mol. The predicted octanol–water partition coefficient (Wildman–Crippen LogP) is 1.72. The molecule has 11 heavy (non-hydrogen) atoms. The highest BCUT2D eigenvalue weighted by Crippen LogP contribution is 2.46. The zero-order chi connectivity index (χ0) is 7.95. The minimum atomic E-state index is -0.396. The van der Waals surface area contributed by atoms with E-state index in [0.717, 1.165) is 19.6 Å². The molecule has 0 amide bonds. The Balaban J connectivity index is 2.29. The Morgan fingerprint density at radius 1 is 1.18 bits per heavy atom. The van der Waals surface area contributed by atoms with Crippen LogP contribution in [0.15, 0.2) is 12.2 Å². The lowest BCUT2D eigenvalue weighted by molar-refractivity contribution is -0.181. The van der Waals surface area contributed by atoms with Crippen molar-refractivity contribution in [2.75, 3.05) is 13.2 Å². The molecule has 2 nitrogen and oxygen atoms in total. The van der Waals surface area contributed by atoms with Crippen LogP contribution in [0.4, 0.5) is 0 Å². The van der Waals surface area contributed by atoms with E-state index in [2.05, 4.69) is 26.0 Å². The minimum absolute atomic E-state index is 0.115. The van der Waals surface area contributed by atoms with E-state index in [1.54, 1.807) is 0 Å². The molecule has 0 aromatic heterocycles. The summed E-state index contributed by atoms with van der Waals surface area (Å²) in [6.07, 6.45) is 5.25. The molecule has 0 aromatic rings. The third-order valence-corrected chi connectivity index (χ3v) is 2.63. The van der Waals surface area contributed by atoms with Crippen LogP contribution in [0.1, 0.15) is 20.3 Å². The molecule has 2 aliphatic rings. The molecule has 0 radical (unpaired) electrons. The van der Waals surface area contributed by atoms with Gasteiger partial charge in [0.05, 0.1) is 13.2 Å². The molecule has 1 spiro atoms. The second-order valence-electron chi connectivity index (χ2n) is 3.85. The Kier molecular flexibility index (Phi) is 1.38. The summed E-state index contributed by atoms with van der Waals surface area (Å²) in [5, 5.41) is 0. The van der Waals surface area contributed by atoms with Crippen LogP contribution in [0.25, 0.3) is 0 Å². The van der Waals surface area contributed by atoms with Gasteiger partial charge in [0.25, 0.3) is 0 Å². The van der Waals surface area contributed by atoms with E-state index in [1.165, 1.54) is 0 Å². The number of hydrogen-bond acceptors (Lipinski definition) is 2. The molecule has 0 unspecified atom stereocenters. The molecule has 0 atom stereocenters. The molecule has 1 fully saturated rings. The predicted molar refractivity (Wildman–Crippen MR) is 42.2 cm³/mol. The molecule has 0 saturated carbocycles. The van der Waals surface area contributed by atoms with Gasteiger partial charge in [-0.25, -0.2) is 0 Å². The maximum Gasteiger partial charge on any atom is 0.193 e. The van der Waals surface area contributed by atoms with Crippen LogP contribution in [0.3, 0.4) is 0 Å². The van der Waals surface area contributed by atoms with Crippen molar-refractivity contribution in [1.82, 2.24) is 0 Å². The first kappa shape index (κ1) is 7.32. The third kappa shape index (κ3) is 0.861. The molecule has 1 aliphatic heterocycles. The van der Waals surface area contributed by atoms with Crippen LogP contribution in [0.2, 0.25) is 0 Å². The van der Waals surface area contributed by atoms with Gasteiger partial charge < -0.3 is 9.47 Å². The van der Waals surface area contributed by atoms with Gasteiger partial charge in [-0.2, -0.15) is 0 Å². The zero-order valence-electron chi connectivity index (χ0n) is 7.09. The summed E-state index contributed by atoms with van der Waals surface area (Å²) in [6.45, 7) is 5.82. The number of ether oxygens (including phenoxy) is 2. The second-order valence-corrected chi connectivity index (χ2v) is 3.85. The highest BCUT2D eigenvalue weighted by Gasteiger charge is 2.50. The average molecular weight is 154 g/mol. The first-order chi connectivity index (χ1) is 5.16. The molecule has 2 rings (SSSR count). The molecule has 0 aromatic carbocycles. The van der Waals surface area contributed by atoms with E-state index >= 15 is 0 Å². The Bertz CT molecular complexity index is 188. The van der Waals surface area contributed by atoms with Crippen molar-refractivity contribution in [2.45, 2.75) is 26.1 Å². The summed E-state index contributed by atoms with van der Waals surface area (Å²) >= 11 is 0. The standard InChI is InChI=1S/C9H14O2/c1-8(2)4-3-5-9(8)10-6-7-11-9/h3,5H,4,6-7H2,1-2H3. The van der Waals surface area contributed by atoms with E-state index in [-0.39, 0.29) is 5.41 Å². The SMILES string of the molecule is CC1(C)CC=CC12OCCO2. The van der Waals surface area contributed by atoms with E-state index in [1.807, 2.05) is 0 Å². The maximum absolute atomic E-state index is 5.61. The van der Waals surface area contributed by atoms with Gasteiger partial charge in [-0.15, -0.1) is 0 Å². The average Bonchev–Trinajstić information content (AvgIpc) is 2.45. The zero-order valence-corrected chi connectivity index (χ0v) is 7.09. The number of hydrogen-bond donors (Lipinski definition) is 0. The lowest BCUT2D eigenvalue weighted by Crippen LogP contribution is -2.40. The molecule has 2 heteroatoms. The summed E-state index contributed by atoms with van der Waals surface area (Å²) in [7, 11) is 0. The van der Waals surface area contributed by atoms with E-state index in [0.29, 0.717) is 0 Å². The molecule has 1 aliphatic carbocycles. The van der Waals surface area contributed by atoms with Crippen LogP contribution in [-0.2, 0) is 9.47 Å². The number of allylic oxidation sites excluding steroid dienone is 1. The van der Waals surface area contributed by atoms with Gasteiger partial charge in [0.2, 0.25) is 0 Å². The summed E-state index contributed by atoms with van der Waals surface area (Å²) in [6, 6.07) is 0. The fraction of sp³-hybridized carbons (Fsp3) is 0.778. The normalized spacial score (nSPS) is 31.8. The fourth-order valence-electron chi connectivity index (χ4n) is 1.79. The largest absolute Gasteiger partial charge is 0.343 e. The van der Waals surface area contributed by atoms with Crippen molar-refractivity contribution in [3.05, 3.63) is 12.2 Å². The van der Waals surface area contributed by atoms with Gasteiger partial charge in [0.15, 0.2) is 5.79 Å². The lowest BCUT2D eigenvalue weighted by atomic mass is 9.85. The second kappa shape index (κ2) is 2.08. The van der Waals surface area contributed by atoms with Crippen LogP contribution in [0, 0.1) is 5.41 Å². The maximum atomic E-state index is 5.61. The Morgan fingerprint density at radius 3 is 2.27 bits per heavy atom. The highest BCUT2D eigenvalue weighted by atomic mass is 16.7. The van der Waals surface area contributed by atoms with E-state index < -0.39 is 5.79 Å². The fourth-order valence-corrected chi connectivity index (χ4v) is 1.79. The van der Waals surface area contributed by atoms with Crippen molar-refractivity contribution in [2.24, 2.45) is 5.41 Å². The third-order valence-electron chi connectivity index (χ3n) is 2.63. The van der Waals surface area contributed by atoms with E-state index in [4.69, 9.17) is 9.47 Å². The van der Waals surface area contributed by atoms with Gasteiger partial charge in [0, 0.05) is 5.41 Å². The van der Waals surface area contributed by atoms with E-state index in [9.17, 15) is 0 Å². The molecule has 1 heterocycles. The summed E-state index contributed by atoms with van der Waals surface area (Å²) in [5.74, 6) is -0.396. The van der Waals surface area contributed by atoms with Gasteiger partial charge >= 0.3 is 0 Å². The van der Waals surface area contributed by atoms with Crippen molar-refractivity contribution in [1.29, 1.82) is 0 Å². The lowest BCUT2D eigenvalue weighted by Gasteiger charge is -2.35. The molecular weight excluding hydrogens is 140 g/mol. The Hall–Kier alpha value is -0.340. The van der Waals surface area contributed by atoms with Crippen LogP contribution >= 0.6 is 0 Å². The first-order valence-electron chi connectivity index (χ1n) is 4.12. The Labute approximate surface area is 67.2 Å². The number of rotatable bonds is 0. The van der Waals surface area contributed by atoms with Gasteiger partial charge in [0.1, 0.15) is 0 Å². The molecular formula is C9H14O2. The Morgan fingerprint density at radius 2 is 1.82 bits per heavy atom. The topological polar surface area (TPSA) is 18.5 Å². The smallest absolute Gasteiger partial charge is 0.193 e. The van der Waals surface area contributed by atoms with Crippen LogP contribution in [-0.4, -0.2) is 19.0 Å². The van der Waals surface area contributed by atoms with Crippen LogP contribution in [0.5, 0.6) is 0 Å². The van der Waals surface area contributed by atoms with Gasteiger partial charge in [-0.05, 0) is 12.5 Å².